The van der Waals surface area contributed by atoms with E-state index in [1.165, 1.54) is 22.7 Å². The minimum Gasteiger partial charge on any atom is -0.396 e. The van der Waals surface area contributed by atoms with E-state index in [0.717, 1.165) is 4.01 Å². The number of nitrogens with zero attached hydrogens (tertiary/aromatic N) is 2. The molecular weight excluding hydrogens is 216 g/mol. The highest BCUT2D eigenvalue weighted by molar-refractivity contribution is 7.39. The van der Waals surface area contributed by atoms with Gasteiger partial charge in [-0.1, -0.05) is 0 Å². The highest BCUT2D eigenvalue weighted by Crippen LogP contribution is 2.43. The van der Waals surface area contributed by atoms with Crippen LogP contribution < -0.4 is 11.5 Å². The van der Waals surface area contributed by atoms with Gasteiger partial charge in [-0.15, -0.1) is 22.7 Å². The maximum atomic E-state index is 8.73. The highest BCUT2D eigenvalue weighted by atomic mass is 32.2. The number of nitrogen functional groups attached to an aromatic ring is 2. The Morgan fingerprint density at radius 2 is 1.36 bits per heavy atom. The lowest BCUT2D eigenvalue weighted by Crippen LogP contribution is -1.89. The van der Waals surface area contributed by atoms with Crippen molar-refractivity contribution in [2.75, 3.05) is 11.5 Å². The van der Waals surface area contributed by atoms with E-state index in [1.54, 1.807) is 0 Å². The van der Waals surface area contributed by atoms with Gasteiger partial charge in [0.2, 0.25) is 0 Å². The molecule has 0 bridgehead atoms. The number of thiophene rings is 2. The zero-order chi connectivity index (χ0) is 10.3. The van der Waals surface area contributed by atoms with Crippen molar-refractivity contribution in [2.24, 2.45) is 0 Å². The second-order valence-corrected chi connectivity index (χ2v) is 4.88. The summed E-state index contributed by atoms with van der Waals surface area (Å²) in [5, 5.41) is 18.1. The second-order valence-electron chi connectivity index (χ2n) is 2.58. The average molecular weight is 220 g/mol. The third kappa shape index (κ3) is 0.956. The summed E-state index contributed by atoms with van der Waals surface area (Å²) in [6, 6.07) is 3.99. The summed E-state index contributed by atoms with van der Waals surface area (Å²) in [5.41, 5.74) is 12.2. The number of nitriles is 2. The SMILES string of the molecule is N#Cc1sc2sc(C#N)c(N)c2c1N. The molecule has 4 nitrogen and oxygen atoms in total. The highest BCUT2D eigenvalue weighted by Gasteiger charge is 2.17. The predicted octanol–water partition coefficient (Wildman–Crippen LogP) is 1.87. The fraction of sp³-hybridized carbons (Fsp3) is 0. The normalized spacial score (nSPS) is 9.86. The van der Waals surface area contributed by atoms with E-state index in [9.17, 15) is 0 Å². The molecule has 0 spiro atoms. The molecule has 0 aliphatic carbocycles. The molecular formula is C8H4N4S2. The van der Waals surface area contributed by atoms with Gasteiger partial charge in [-0.3, -0.25) is 0 Å². The van der Waals surface area contributed by atoms with Crippen LogP contribution in [-0.2, 0) is 0 Å². The van der Waals surface area contributed by atoms with E-state index in [1.807, 2.05) is 12.1 Å². The molecule has 2 heterocycles. The van der Waals surface area contributed by atoms with Gasteiger partial charge >= 0.3 is 0 Å². The topological polar surface area (TPSA) is 99.6 Å². The van der Waals surface area contributed by atoms with Crippen molar-refractivity contribution >= 4 is 43.4 Å². The molecule has 2 rings (SSSR count). The van der Waals surface area contributed by atoms with Crippen molar-refractivity contribution in [1.82, 2.24) is 0 Å². The first-order valence-corrected chi connectivity index (χ1v) is 5.22. The van der Waals surface area contributed by atoms with Crippen LogP contribution in [0.5, 0.6) is 0 Å². The summed E-state index contributed by atoms with van der Waals surface area (Å²) in [5.74, 6) is 0. The minimum absolute atomic E-state index is 0.391. The summed E-state index contributed by atoms with van der Waals surface area (Å²) in [4.78, 5) is 0.921. The Morgan fingerprint density at radius 1 is 0.929 bits per heavy atom. The summed E-state index contributed by atoms with van der Waals surface area (Å²) < 4.78 is 0.841. The Balaban J connectivity index is 2.90. The lowest BCUT2D eigenvalue weighted by molar-refractivity contribution is 1.52. The van der Waals surface area contributed by atoms with Crippen LogP contribution in [0, 0.1) is 22.7 Å². The van der Waals surface area contributed by atoms with E-state index in [2.05, 4.69) is 0 Å². The maximum Gasteiger partial charge on any atom is 0.129 e. The van der Waals surface area contributed by atoms with Crippen molar-refractivity contribution in [3.05, 3.63) is 9.75 Å². The largest absolute Gasteiger partial charge is 0.396 e. The molecule has 0 atom stereocenters. The summed E-state index contributed by atoms with van der Waals surface area (Å²) in [7, 11) is 0. The van der Waals surface area contributed by atoms with Gasteiger partial charge in [-0.25, -0.2) is 0 Å². The number of hydrogen-bond acceptors (Lipinski definition) is 6. The van der Waals surface area contributed by atoms with Crippen molar-refractivity contribution in [1.29, 1.82) is 10.5 Å². The van der Waals surface area contributed by atoms with Crippen LogP contribution in [0.2, 0.25) is 0 Å². The monoisotopic (exact) mass is 220 g/mol. The van der Waals surface area contributed by atoms with Gasteiger partial charge in [0.25, 0.3) is 0 Å². The Hall–Kier alpha value is -1.76. The van der Waals surface area contributed by atoms with Crippen LogP contribution in [-0.4, -0.2) is 0 Å². The van der Waals surface area contributed by atoms with Crippen molar-refractivity contribution in [3.63, 3.8) is 0 Å². The second kappa shape index (κ2) is 2.88. The number of nitrogens with two attached hydrogens (primary N) is 2. The van der Waals surface area contributed by atoms with Gasteiger partial charge in [0, 0.05) is 0 Å². The lowest BCUT2D eigenvalue weighted by Gasteiger charge is -1.90. The number of fused-ring (bicyclic) bond motifs is 1. The van der Waals surface area contributed by atoms with Gasteiger partial charge in [0.05, 0.1) is 20.8 Å². The lowest BCUT2D eigenvalue weighted by atomic mass is 10.2. The van der Waals surface area contributed by atoms with Crippen LogP contribution in [0.4, 0.5) is 11.4 Å². The zero-order valence-electron chi connectivity index (χ0n) is 6.87. The molecule has 0 unspecified atom stereocenters. The summed E-state index contributed by atoms with van der Waals surface area (Å²) in [6.07, 6.45) is 0. The summed E-state index contributed by atoms with van der Waals surface area (Å²) >= 11 is 2.55. The molecule has 0 aliphatic heterocycles. The van der Waals surface area contributed by atoms with Crippen LogP contribution in [0.3, 0.4) is 0 Å². The van der Waals surface area contributed by atoms with E-state index >= 15 is 0 Å². The van der Waals surface area contributed by atoms with Gasteiger partial charge in [-0.05, 0) is 0 Å². The van der Waals surface area contributed by atoms with E-state index in [0.29, 0.717) is 26.5 Å². The molecule has 14 heavy (non-hydrogen) atoms. The Labute approximate surface area is 87.6 Å². The molecule has 2 aromatic rings. The van der Waals surface area contributed by atoms with E-state index in [4.69, 9.17) is 22.0 Å². The summed E-state index contributed by atoms with van der Waals surface area (Å²) in [6.45, 7) is 0. The molecule has 0 radical (unpaired) electrons. The quantitative estimate of drug-likeness (QED) is 0.707. The molecule has 0 amide bonds. The molecule has 0 saturated heterocycles. The number of anilines is 2. The minimum atomic E-state index is 0.391. The Morgan fingerprint density at radius 3 is 1.64 bits per heavy atom. The molecule has 0 aliphatic rings. The molecule has 6 heteroatoms. The van der Waals surface area contributed by atoms with Crippen LogP contribution in [0.1, 0.15) is 9.75 Å². The third-order valence-electron chi connectivity index (χ3n) is 1.82. The molecule has 2 aromatic heterocycles. The van der Waals surface area contributed by atoms with E-state index in [-0.39, 0.29) is 0 Å². The fourth-order valence-corrected chi connectivity index (χ4v) is 3.37. The van der Waals surface area contributed by atoms with Crippen molar-refractivity contribution in [2.45, 2.75) is 0 Å². The fourth-order valence-electron chi connectivity index (χ4n) is 1.18. The standard InChI is InChI=1S/C8H4N4S2/c9-1-3-6(11)5-7(12)4(2-10)14-8(5)13-3/h11-12H2. The van der Waals surface area contributed by atoms with Crippen LogP contribution in [0.15, 0.2) is 0 Å². The smallest absolute Gasteiger partial charge is 0.129 e. The van der Waals surface area contributed by atoms with Gasteiger partial charge < -0.3 is 11.5 Å². The molecule has 0 aromatic carbocycles. The average Bonchev–Trinajstić information content (AvgIpc) is 2.65. The Bertz CT molecular complexity index is 544. The first-order valence-electron chi connectivity index (χ1n) is 3.59. The predicted molar refractivity (Wildman–Crippen MR) is 58.0 cm³/mol. The zero-order valence-corrected chi connectivity index (χ0v) is 8.50. The Kier molecular flexibility index (Phi) is 1.81. The van der Waals surface area contributed by atoms with Crippen molar-refractivity contribution in [3.8, 4) is 12.1 Å². The van der Waals surface area contributed by atoms with E-state index < -0.39 is 0 Å². The number of rotatable bonds is 0. The molecule has 0 saturated carbocycles. The third-order valence-corrected chi connectivity index (χ3v) is 4.13. The molecule has 4 N–H and O–H groups in total. The molecule has 0 fully saturated rings. The van der Waals surface area contributed by atoms with Crippen LogP contribution >= 0.6 is 22.7 Å². The van der Waals surface area contributed by atoms with Gasteiger partial charge in [-0.2, -0.15) is 10.5 Å². The molecule has 68 valence electrons. The van der Waals surface area contributed by atoms with Crippen molar-refractivity contribution < 1.29 is 0 Å². The number of hydrogen-bond donors (Lipinski definition) is 2. The van der Waals surface area contributed by atoms with Gasteiger partial charge in [0.15, 0.2) is 0 Å². The van der Waals surface area contributed by atoms with Gasteiger partial charge in [0.1, 0.15) is 21.9 Å². The first kappa shape index (κ1) is 8.82. The maximum absolute atomic E-state index is 8.73. The van der Waals surface area contributed by atoms with Crippen LogP contribution in [0.25, 0.3) is 9.40 Å². The first-order chi connectivity index (χ1) is 6.69.